The molecule has 4 nitrogen and oxygen atoms in total. The fourth-order valence-corrected chi connectivity index (χ4v) is 5.07. The number of rotatable bonds is 6. The molecule has 0 saturated carbocycles. The Morgan fingerprint density at radius 1 is 0.889 bits per heavy atom. The standard InChI is InChI=1S/C26H28F6N4/c1-17-12-18(2)22(19(3)13-17)36-11-7-10-35-21(23(26(30,31)32)33-24(35)36)15-34(16-25(27,28)29)14-20-8-5-4-6-9-20/h4-6,8-9,12-13H,7,10-11,14-16H2,1-3H3. The highest BCUT2D eigenvalue weighted by atomic mass is 19.4. The maximum absolute atomic E-state index is 14.2. The first-order valence-corrected chi connectivity index (χ1v) is 11.7. The normalized spacial score (nSPS) is 14.4. The summed E-state index contributed by atoms with van der Waals surface area (Å²) < 4.78 is 84.2. The third-order valence-electron chi connectivity index (χ3n) is 6.26. The van der Waals surface area contributed by atoms with Gasteiger partial charge in [0.1, 0.15) is 0 Å². The Balaban J connectivity index is 1.79. The Morgan fingerprint density at radius 3 is 2.11 bits per heavy atom. The predicted octanol–water partition coefficient (Wildman–Crippen LogP) is 6.93. The van der Waals surface area contributed by atoms with Crippen molar-refractivity contribution >= 4 is 11.6 Å². The Labute approximate surface area is 206 Å². The molecule has 0 fully saturated rings. The first-order chi connectivity index (χ1) is 16.8. The maximum Gasteiger partial charge on any atom is 0.435 e. The summed E-state index contributed by atoms with van der Waals surface area (Å²) in [5.41, 5.74) is 2.83. The summed E-state index contributed by atoms with van der Waals surface area (Å²) in [6.45, 7) is 4.45. The molecule has 0 spiro atoms. The van der Waals surface area contributed by atoms with Gasteiger partial charge in [-0.3, -0.25) is 4.90 Å². The Kier molecular flexibility index (Phi) is 7.10. The highest BCUT2D eigenvalue weighted by Crippen LogP contribution is 2.40. The molecule has 10 heteroatoms. The molecule has 4 rings (SSSR count). The van der Waals surface area contributed by atoms with Crippen molar-refractivity contribution in [2.75, 3.05) is 18.0 Å². The molecule has 0 bridgehead atoms. The van der Waals surface area contributed by atoms with Crippen LogP contribution in [0.15, 0.2) is 42.5 Å². The van der Waals surface area contributed by atoms with Crippen molar-refractivity contribution in [2.24, 2.45) is 0 Å². The quantitative estimate of drug-likeness (QED) is 0.336. The van der Waals surface area contributed by atoms with Crippen LogP contribution in [0.25, 0.3) is 0 Å². The summed E-state index contributed by atoms with van der Waals surface area (Å²) in [4.78, 5) is 6.75. The lowest BCUT2D eigenvalue weighted by molar-refractivity contribution is -0.150. The van der Waals surface area contributed by atoms with E-state index in [1.807, 2.05) is 32.9 Å². The summed E-state index contributed by atoms with van der Waals surface area (Å²) in [6.07, 6.45) is -8.84. The molecule has 1 aliphatic rings. The zero-order valence-corrected chi connectivity index (χ0v) is 20.3. The van der Waals surface area contributed by atoms with Crippen LogP contribution in [0.1, 0.15) is 40.1 Å². The first-order valence-electron chi connectivity index (χ1n) is 11.7. The minimum Gasteiger partial charge on any atom is -0.312 e. The average molecular weight is 511 g/mol. The molecule has 2 aromatic carbocycles. The van der Waals surface area contributed by atoms with Gasteiger partial charge in [0.05, 0.1) is 12.2 Å². The Bertz CT molecular complexity index is 1190. The summed E-state index contributed by atoms with van der Waals surface area (Å²) in [6, 6.07) is 12.3. The van der Waals surface area contributed by atoms with Gasteiger partial charge in [0.15, 0.2) is 5.69 Å². The van der Waals surface area contributed by atoms with E-state index in [0.717, 1.165) is 27.3 Å². The molecule has 1 aromatic heterocycles. The number of aryl methyl sites for hydroxylation is 3. The monoisotopic (exact) mass is 510 g/mol. The third kappa shape index (κ3) is 5.69. The smallest absolute Gasteiger partial charge is 0.312 e. The number of hydrogen-bond donors (Lipinski definition) is 0. The van der Waals surface area contributed by atoms with Crippen LogP contribution in [0, 0.1) is 20.8 Å². The number of nitrogens with zero attached hydrogens (tertiary/aromatic N) is 4. The van der Waals surface area contributed by atoms with Gasteiger partial charge in [0.25, 0.3) is 0 Å². The third-order valence-corrected chi connectivity index (χ3v) is 6.26. The molecule has 0 N–H and O–H groups in total. The van der Waals surface area contributed by atoms with Crippen molar-refractivity contribution < 1.29 is 26.3 Å². The van der Waals surface area contributed by atoms with Crippen molar-refractivity contribution in [1.82, 2.24) is 14.5 Å². The van der Waals surface area contributed by atoms with Crippen LogP contribution in [0.2, 0.25) is 0 Å². The fourth-order valence-electron chi connectivity index (χ4n) is 5.07. The molecular weight excluding hydrogens is 482 g/mol. The molecule has 0 saturated heterocycles. The largest absolute Gasteiger partial charge is 0.435 e. The SMILES string of the molecule is Cc1cc(C)c(N2CCCn3c2nc(C(F)(F)F)c3CN(Cc2ccccc2)CC(F)(F)F)c(C)c1. The van der Waals surface area contributed by atoms with Crippen LogP contribution >= 0.6 is 0 Å². The lowest BCUT2D eigenvalue weighted by Gasteiger charge is -2.33. The number of hydrogen-bond acceptors (Lipinski definition) is 3. The van der Waals surface area contributed by atoms with Crippen LogP contribution in [-0.2, 0) is 25.8 Å². The van der Waals surface area contributed by atoms with Gasteiger partial charge < -0.3 is 9.47 Å². The van der Waals surface area contributed by atoms with E-state index >= 15 is 0 Å². The fraction of sp³-hybridized carbons (Fsp3) is 0.423. The molecule has 1 aliphatic heterocycles. The lowest BCUT2D eigenvalue weighted by atomic mass is 10.0. The number of imidazole rings is 1. The molecule has 2 heterocycles. The Hall–Kier alpha value is -3.01. The maximum atomic E-state index is 14.2. The molecular formula is C26H28F6N4. The van der Waals surface area contributed by atoms with Crippen molar-refractivity contribution in [3.63, 3.8) is 0 Å². The van der Waals surface area contributed by atoms with Crippen LogP contribution in [0.5, 0.6) is 0 Å². The topological polar surface area (TPSA) is 24.3 Å². The minimum atomic E-state index is -4.81. The van der Waals surface area contributed by atoms with Gasteiger partial charge >= 0.3 is 12.4 Å². The molecule has 0 amide bonds. The van der Waals surface area contributed by atoms with Crippen LogP contribution in [-0.4, -0.2) is 33.7 Å². The van der Waals surface area contributed by atoms with Gasteiger partial charge in [0, 0.05) is 31.9 Å². The summed E-state index contributed by atoms with van der Waals surface area (Å²) in [7, 11) is 0. The summed E-state index contributed by atoms with van der Waals surface area (Å²) >= 11 is 0. The number of anilines is 2. The molecule has 0 unspecified atom stereocenters. The molecule has 36 heavy (non-hydrogen) atoms. The van der Waals surface area contributed by atoms with Gasteiger partial charge in [0.2, 0.25) is 5.95 Å². The van der Waals surface area contributed by atoms with Gasteiger partial charge in [-0.1, -0.05) is 48.0 Å². The average Bonchev–Trinajstić information content (AvgIpc) is 3.12. The van der Waals surface area contributed by atoms with E-state index in [9.17, 15) is 26.3 Å². The van der Waals surface area contributed by atoms with E-state index in [4.69, 9.17) is 0 Å². The number of alkyl halides is 6. The number of benzene rings is 2. The van der Waals surface area contributed by atoms with E-state index in [1.54, 1.807) is 35.2 Å². The number of halogens is 6. The number of aromatic nitrogens is 2. The second-order valence-electron chi connectivity index (χ2n) is 9.35. The van der Waals surface area contributed by atoms with Gasteiger partial charge in [-0.25, -0.2) is 4.98 Å². The molecule has 0 radical (unpaired) electrons. The van der Waals surface area contributed by atoms with E-state index in [2.05, 4.69) is 4.98 Å². The van der Waals surface area contributed by atoms with Crippen LogP contribution < -0.4 is 4.90 Å². The van der Waals surface area contributed by atoms with Crippen molar-refractivity contribution in [3.05, 3.63) is 76.1 Å². The molecule has 0 aliphatic carbocycles. The molecule has 194 valence electrons. The highest BCUT2D eigenvalue weighted by molar-refractivity contribution is 5.68. The van der Waals surface area contributed by atoms with Gasteiger partial charge in [-0.15, -0.1) is 0 Å². The van der Waals surface area contributed by atoms with Crippen LogP contribution in [0.4, 0.5) is 38.0 Å². The zero-order chi connectivity index (χ0) is 26.3. The van der Waals surface area contributed by atoms with Gasteiger partial charge in [-0.2, -0.15) is 26.3 Å². The molecule has 3 aromatic rings. The van der Waals surface area contributed by atoms with Crippen LogP contribution in [0.3, 0.4) is 0 Å². The lowest BCUT2D eigenvalue weighted by Crippen LogP contribution is -2.35. The number of fused-ring (bicyclic) bond motifs is 1. The van der Waals surface area contributed by atoms with Gasteiger partial charge in [-0.05, 0) is 43.9 Å². The van der Waals surface area contributed by atoms with E-state index in [-0.39, 0.29) is 24.7 Å². The summed E-state index contributed by atoms with van der Waals surface area (Å²) in [5, 5.41) is 0. The second-order valence-corrected chi connectivity index (χ2v) is 9.35. The van der Waals surface area contributed by atoms with Crippen molar-refractivity contribution in [1.29, 1.82) is 0 Å². The van der Waals surface area contributed by atoms with Crippen molar-refractivity contribution in [2.45, 2.75) is 59.2 Å². The van der Waals surface area contributed by atoms with Crippen molar-refractivity contribution in [3.8, 4) is 0 Å². The zero-order valence-electron chi connectivity index (χ0n) is 20.3. The van der Waals surface area contributed by atoms with E-state index < -0.39 is 31.1 Å². The predicted molar refractivity (Wildman–Crippen MR) is 126 cm³/mol. The Morgan fingerprint density at radius 2 is 1.53 bits per heavy atom. The molecule has 0 atom stereocenters. The van der Waals surface area contributed by atoms with E-state index in [1.165, 1.54) is 4.57 Å². The minimum absolute atomic E-state index is 0.116. The summed E-state index contributed by atoms with van der Waals surface area (Å²) in [5.74, 6) is 0.116. The van der Waals surface area contributed by atoms with E-state index in [0.29, 0.717) is 18.5 Å². The second kappa shape index (κ2) is 9.80. The highest BCUT2D eigenvalue weighted by Gasteiger charge is 2.42. The first kappa shape index (κ1) is 26.1.